The molecular formula is C18H21NO5. The standard InChI is InChI=1S/C18H21NO5/c20-17(12-24-18(21)13-5-2-1-3-6-13)19-14-7-8-15-16(11-14)23-10-4-9-22-15/h1-2,7-8,11,13H,3-6,9-10,12H2,(H,19,20). The first-order chi connectivity index (χ1) is 11.7. The van der Waals surface area contributed by atoms with Gasteiger partial charge >= 0.3 is 5.97 Å². The Morgan fingerprint density at radius 1 is 1.17 bits per heavy atom. The number of esters is 1. The molecular weight excluding hydrogens is 310 g/mol. The van der Waals surface area contributed by atoms with E-state index in [0.29, 0.717) is 36.8 Å². The Hall–Kier alpha value is -2.50. The van der Waals surface area contributed by atoms with E-state index in [9.17, 15) is 9.59 Å². The molecule has 1 aliphatic heterocycles. The molecule has 0 bridgehead atoms. The van der Waals surface area contributed by atoms with Gasteiger partial charge < -0.3 is 19.5 Å². The molecule has 1 N–H and O–H groups in total. The van der Waals surface area contributed by atoms with Crippen LogP contribution < -0.4 is 14.8 Å². The Morgan fingerprint density at radius 3 is 2.79 bits per heavy atom. The summed E-state index contributed by atoms with van der Waals surface area (Å²) in [6, 6.07) is 5.21. The molecule has 6 nitrogen and oxygen atoms in total. The number of ether oxygens (including phenoxy) is 3. The Morgan fingerprint density at radius 2 is 2.00 bits per heavy atom. The van der Waals surface area contributed by atoms with Crippen molar-refractivity contribution >= 4 is 17.6 Å². The van der Waals surface area contributed by atoms with Crippen LogP contribution in [0.2, 0.25) is 0 Å². The fraction of sp³-hybridized carbons (Fsp3) is 0.444. The quantitative estimate of drug-likeness (QED) is 0.678. The number of fused-ring (bicyclic) bond motifs is 1. The van der Waals surface area contributed by atoms with Crippen molar-refractivity contribution < 1.29 is 23.8 Å². The SMILES string of the molecule is O=C(COC(=O)C1CC=CCC1)Nc1ccc2c(c1)OCCCO2. The van der Waals surface area contributed by atoms with Crippen LogP contribution in [-0.4, -0.2) is 31.7 Å². The first-order valence-corrected chi connectivity index (χ1v) is 8.23. The van der Waals surface area contributed by atoms with Crippen LogP contribution in [0, 0.1) is 5.92 Å². The molecule has 1 heterocycles. The Kier molecular flexibility index (Phi) is 5.36. The van der Waals surface area contributed by atoms with Crippen molar-refractivity contribution in [3.05, 3.63) is 30.4 Å². The van der Waals surface area contributed by atoms with Crippen LogP contribution in [0.3, 0.4) is 0 Å². The molecule has 3 rings (SSSR count). The Labute approximate surface area is 140 Å². The minimum absolute atomic E-state index is 0.138. The second-order valence-corrected chi connectivity index (χ2v) is 5.85. The number of hydrogen-bond acceptors (Lipinski definition) is 5. The van der Waals surface area contributed by atoms with Crippen LogP contribution in [0.25, 0.3) is 0 Å². The predicted molar refractivity (Wildman–Crippen MR) is 88.1 cm³/mol. The van der Waals surface area contributed by atoms with Crippen LogP contribution in [0.5, 0.6) is 11.5 Å². The molecule has 0 aromatic heterocycles. The van der Waals surface area contributed by atoms with E-state index in [2.05, 4.69) is 11.4 Å². The third kappa shape index (κ3) is 4.28. The van der Waals surface area contributed by atoms with Gasteiger partial charge in [0.2, 0.25) is 0 Å². The lowest BCUT2D eigenvalue weighted by Crippen LogP contribution is -2.25. The minimum Gasteiger partial charge on any atom is -0.490 e. The zero-order valence-electron chi connectivity index (χ0n) is 13.5. The molecule has 1 aromatic carbocycles. The first-order valence-electron chi connectivity index (χ1n) is 8.23. The molecule has 0 saturated carbocycles. The van der Waals surface area contributed by atoms with Crippen LogP contribution >= 0.6 is 0 Å². The highest BCUT2D eigenvalue weighted by Crippen LogP contribution is 2.32. The summed E-state index contributed by atoms with van der Waals surface area (Å²) < 4.78 is 16.2. The molecule has 0 saturated heterocycles. The number of hydrogen-bond donors (Lipinski definition) is 1. The number of allylic oxidation sites excluding steroid dienone is 2. The zero-order chi connectivity index (χ0) is 16.8. The maximum atomic E-state index is 12.0. The molecule has 6 heteroatoms. The summed E-state index contributed by atoms with van der Waals surface area (Å²) in [6.45, 7) is 0.913. The maximum Gasteiger partial charge on any atom is 0.309 e. The third-order valence-corrected chi connectivity index (χ3v) is 3.98. The highest BCUT2D eigenvalue weighted by Gasteiger charge is 2.21. The lowest BCUT2D eigenvalue weighted by molar-refractivity contribution is -0.151. The Balaban J connectivity index is 1.50. The van der Waals surface area contributed by atoms with E-state index < -0.39 is 0 Å². The van der Waals surface area contributed by atoms with E-state index >= 15 is 0 Å². The number of anilines is 1. The van der Waals surface area contributed by atoms with E-state index in [1.807, 2.05) is 6.08 Å². The summed E-state index contributed by atoms with van der Waals surface area (Å²) in [5.74, 6) is 0.455. The second-order valence-electron chi connectivity index (χ2n) is 5.85. The number of rotatable bonds is 4. The van der Waals surface area contributed by atoms with Gasteiger partial charge in [-0.3, -0.25) is 9.59 Å². The molecule has 2 aliphatic rings. The van der Waals surface area contributed by atoms with Gasteiger partial charge in [0.1, 0.15) is 0 Å². The van der Waals surface area contributed by atoms with Gasteiger partial charge in [-0.2, -0.15) is 0 Å². The van der Waals surface area contributed by atoms with Crippen LogP contribution in [-0.2, 0) is 14.3 Å². The average molecular weight is 331 g/mol. The Bertz CT molecular complexity index is 640. The fourth-order valence-corrected chi connectivity index (χ4v) is 2.70. The van der Waals surface area contributed by atoms with Crippen molar-refractivity contribution in [3.8, 4) is 11.5 Å². The third-order valence-electron chi connectivity index (χ3n) is 3.98. The van der Waals surface area contributed by atoms with Gasteiger partial charge in [-0.25, -0.2) is 0 Å². The zero-order valence-corrected chi connectivity index (χ0v) is 13.5. The fourth-order valence-electron chi connectivity index (χ4n) is 2.70. The molecule has 1 aromatic rings. The van der Waals surface area contributed by atoms with Crippen molar-refractivity contribution in [1.29, 1.82) is 0 Å². The van der Waals surface area contributed by atoms with E-state index in [1.165, 1.54) is 0 Å². The molecule has 0 radical (unpaired) electrons. The van der Waals surface area contributed by atoms with E-state index in [0.717, 1.165) is 19.3 Å². The predicted octanol–water partition coefficient (Wildman–Crippen LogP) is 2.69. The normalized spacial score (nSPS) is 19.2. The molecule has 1 atom stereocenters. The monoisotopic (exact) mass is 331 g/mol. The van der Waals surface area contributed by atoms with Crippen LogP contribution in [0.15, 0.2) is 30.4 Å². The minimum atomic E-state index is -0.371. The van der Waals surface area contributed by atoms with Gasteiger partial charge in [-0.1, -0.05) is 12.2 Å². The lowest BCUT2D eigenvalue weighted by atomic mass is 9.95. The number of amides is 1. The number of benzene rings is 1. The lowest BCUT2D eigenvalue weighted by Gasteiger charge is -2.16. The topological polar surface area (TPSA) is 73.9 Å². The van der Waals surface area contributed by atoms with Gasteiger partial charge in [0.25, 0.3) is 5.91 Å². The smallest absolute Gasteiger partial charge is 0.309 e. The summed E-state index contributed by atoms with van der Waals surface area (Å²) in [7, 11) is 0. The molecule has 1 amide bonds. The number of carbonyl (C=O) groups excluding carboxylic acids is 2. The average Bonchev–Trinajstić information content (AvgIpc) is 2.85. The van der Waals surface area contributed by atoms with Crippen molar-refractivity contribution in [2.75, 3.05) is 25.1 Å². The van der Waals surface area contributed by atoms with Crippen molar-refractivity contribution in [2.24, 2.45) is 5.92 Å². The highest BCUT2D eigenvalue weighted by molar-refractivity contribution is 5.93. The summed E-state index contributed by atoms with van der Waals surface area (Å²) in [5, 5.41) is 2.71. The largest absolute Gasteiger partial charge is 0.490 e. The summed E-state index contributed by atoms with van der Waals surface area (Å²) in [5.41, 5.74) is 0.584. The van der Waals surface area contributed by atoms with Gasteiger partial charge in [0.05, 0.1) is 19.1 Å². The molecule has 1 unspecified atom stereocenters. The highest BCUT2D eigenvalue weighted by atomic mass is 16.5. The summed E-state index contributed by atoms with van der Waals surface area (Å²) in [6.07, 6.45) is 7.20. The molecule has 0 spiro atoms. The number of nitrogens with one attached hydrogen (secondary N) is 1. The van der Waals surface area contributed by atoms with E-state index in [-0.39, 0.29) is 24.4 Å². The first kappa shape index (κ1) is 16.4. The summed E-state index contributed by atoms with van der Waals surface area (Å²) >= 11 is 0. The molecule has 0 fully saturated rings. The van der Waals surface area contributed by atoms with E-state index in [1.54, 1.807) is 18.2 Å². The van der Waals surface area contributed by atoms with Crippen LogP contribution in [0.4, 0.5) is 5.69 Å². The summed E-state index contributed by atoms with van der Waals surface area (Å²) in [4.78, 5) is 23.9. The maximum absolute atomic E-state index is 12.0. The van der Waals surface area contributed by atoms with Crippen molar-refractivity contribution in [3.63, 3.8) is 0 Å². The molecule has 24 heavy (non-hydrogen) atoms. The van der Waals surface area contributed by atoms with Gasteiger partial charge in [0, 0.05) is 18.2 Å². The second kappa shape index (κ2) is 7.86. The van der Waals surface area contributed by atoms with E-state index in [4.69, 9.17) is 14.2 Å². The number of carbonyl (C=O) groups is 2. The van der Waals surface area contributed by atoms with Crippen molar-refractivity contribution in [1.82, 2.24) is 0 Å². The van der Waals surface area contributed by atoms with Crippen molar-refractivity contribution in [2.45, 2.75) is 25.7 Å². The van der Waals surface area contributed by atoms with Gasteiger partial charge in [-0.15, -0.1) is 0 Å². The van der Waals surface area contributed by atoms with Gasteiger partial charge in [0.15, 0.2) is 18.1 Å². The molecule has 1 aliphatic carbocycles. The van der Waals surface area contributed by atoms with Crippen LogP contribution in [0.1, 0.15) is 25.7 Å². The molecule has 128 valence electrons. The van der Waals surface area contributed by atoms with Gasteiger partial charge in [-0.05, 0) is 31.4 Å².